The van der Waals surface area contributed by atoms with Crippen molar-refractivity contribution < 1.29 is 0 Å². The molecule has 4 rings (SSSR count). The molecular weight excluding hydrogens is 176 g/mol. The van der Waals surface area contributed by atoms with Gasteiger partial charge < -0.3 is 10.6 Å². The molecule has 1 saturated carbocycles. The summed E-state index contributed by atoms with van der Waals surface area (Å²) in [7, 11) is 1.94. The van der Waals surface area contributed by atoms with Gasteiger partial charge in [-0.15, -0.1) is 0 Å². The van der Waals surface area contributed by atoms with E-state index in [2.05, 4.69) is 15.7 Å². The molecule has 0 aromatic carbocycles. The SMILES string of the molecule is Cn1ccc(NCC2C3CNC2C3)n1. The van der Waals surface area contributed by atoms with Crippen molar-refractivity contribution >= 4 is 5.82 Å². The Bertz CT molecular complexity index is 319. The second kappa shape index (κ2) is 2.98. The number of rotatable bonds is 3. The lowest BCUT2D eigenvalue weighted by Gasteiger charge is -2.34. The smallest absolute Gasteiger partial charge is 0.147 e. The third kappa shape index (κ3) is 1.21. The Morgan fingerprint density at radius 3 is 3.21 bits per heavy atom. The van der Waals surface area contributed by atoms with Gasteiger partial charge in [0.05, 0.1) is 0 Å². The summed E-state index contributed by atoms with van der Waals surface area (Å²) >= 11 is 0. The van der Waals surface area contributed by atoms with Gasteiger partial charge in [0.1, 0.15) is 5.82 Å². The Morgan fingerprint density at radius 1 is 1.71 bits per heavy atom. The fraction of sp³-hybridized carbons (Fsp3) is 0.700. The van der Waals surface area contributed by atoms with E-state index in [0.717, 1.165) is 30.2 Å². The fourth-order valence-electron chi connectivity index (χ4n) is 2.62. The molecular formula is C10H16N4. The molecule has 0 radical (unpaired) electrons. The van der Waals surface area contributed by atoms with Crippen LogP contribution in [-0.2, 0) is 7.05 Å². The zero-order valence-electron chi connectivity index (χ0n) is 8.40. The lowest BCUT2D eigenvalue weighted by molar-refractivity contribution is 0.230. The average molecular weight is 192 g/mol. The summed E-state index contributed by atoms with van der Waals surface area (Å²) < 4.78 is 1.83. The summed E-state index contributed by atoms with van der Waals surface area (Å²) in [4.78, 5) is 0. The van der Waals surface area contributed by atoms with Crippen molar-refractivity contribution in [1.29, 1.82) is 0 Å². The highest BCUT2D eigenvalue weighted by Crippen LogP contribution is 2.39. The van der Waals surface area contributed by atoms with Crippen LogP contribution in [0, 0.1) is 11.8 Å². The molecule has 0 amide bonds. The molecule has 14 heavy (non-hydrogen) atoms. The van der Waals surface area contributed by atoms with Crippen molar-refractivity contribution in [2.75, 3.05) is 18.4 Å². The summed E-state index contributed by atoms with van der Waals surface area (Å²) in [5.41, 5.74) is 0. The number of anilines is 1. The van der Waals surface area contributed by atoms with E-state index in [9.17, 15) is 0 Å². The van der Waals surface area contributed by atoms with Gasteiger partial charge in [-0.2, -0.15) is 5.10 Å². The summed E-state index contributed by atoms with van der Waals surface area (Å²) in [6, 6.07) is 2.80. The number of nitrogens with one attached hydrogen (secondary N) is 2. The molecule has 1 aromatic rings. The van der Waals surface area contributed by atoms with Crippen molar-refractivity contribution in [2.45, 2.75) is 12.5 Å². The van der Waals surface area contributed by atoms with Crippen LogP contribution < -0.4 is 10.6 Å². The van der Waals surface area contributed by atoms with Gasteiger partial charge in [0.2, 0.25) is 0 Å². The first kappa shape index (κ1) is 8.29. The monoisotopic (exact) mass is 192 g/mol. The molecule has 2 bridgehead atoms. The largest absolute Gasteiger partial charge is 0.368 e. The minimum atomic E-state index is 0.774. The quantitative estimate of drug-likeness (QED) is 0.730. The van der Waals surface area contributed by atoms with Gasteiger partial charge in [0.15, 0.2) is 0 Å². The molecule has 0 spiro atoms. The highest BCUT2D eigenvalue weighted by atomic mass is 15.3. The first-order chi connectivity index (χ1) is 6.83. The Balaban J connectivity index is 1.55. The van der Waals surface area contributed by atoms with E-state index in [-0.39, 0.29) is 0 Å². The van der Waals surface area contributed by atoms with Crippen LogP contribution in [0.3, 0.4) is 0 Å². The Labute approximate surface area is 83.7 Å². The van der Waals surface area contributed by atoms with Gasteiger partial charge in [-0.05, 0) is 24.8 Å². The zero-order valence-corrected chi connectivity index (χ0v) is 8.40. The number of aryl methyl sites for hydroxylation is 1. The lowest BCUT2D eigenvalue weighted by Crippen LogP contribution is -2.41. The van der Waals surface area contributed by atoms with E-state index in [1.165, 1.54) is 13.0 Å². The van der Waals surface area contributed by atoms with E-state index in [1.54, 1.807) is 0 Å². The van der Waals surface area contributed by atoms with Gasteiger partial charge >= 0.3 is 0 Å². The first-order valence-corrected chi connectivity index (χ1v) is 5.30. The molecule has 2 N–H and O–H groups in total. The summed E-state index contributed by atoms with van der Waals surface area (Å²) in [6.45, 7) is 2.29. The predicted octanol–water partition coefficient (Wildman–Crippen LogP) is 0.440. The Kier molecular flexibility index (Phi) is 1.77. The molecule has 3 heterocycles. The van der Waals surface area contributed by atoms with Crippen molar-refractivity contribution in [3.8, 4) is 0 Å². The number of nitrogens with zero attached hydrogens (tertiary/aromatic N) is 2. The zero-order chi connectivity index (χ0) is 9.54. The molecule has 4 heteroatoms. The summed E-state index contributed by atoms with van der Waals surface area (Å²) in [5.74, 6) is 2.74. The maximum Gasteiger partial charge on any atom is 0.147 e. The molecule has 3 unspecified atom stereocenters. The van der Waals surface area contributed by atoms with E-state index < -0.39 is 0 Å². The minimum absolute atomic E-state index is 0.774. The third-order valence-corrected chi connectivity index (χ3v) is 3.55. The summed E-state index contributed by atoms with van der Waals surface area (Å²) in [6.07, 6.45) is 3.35. The highest BCUT2D eigenvalue weighted by Gasteiger charge is 2.46. The van der Waals surface area contributed by atoms with E-state index in [4.69, 9.17) is 0 Å². The van der Waals surface area contributed by atoms with Gasteiger partial charge in [-0.25, -0.2) is 0 Å². The van der Waals surface area contributed by atoms with Crippen LogP contribution >= 0.6 is 0 Å². The summed E-state index contributed by atoms with van der Waals surface area (Å²) in [5, 5.41) is 11.2. The molecule has 3 fully saturated rings. The average Bonchev–Trinajstić information content (AvgIpc) is 2.79. The second-order valence-corrected chi connectivity index (χ2v) is 4.43. The van der Waals surface area contributed by atoms with E-state index >= 15 is 0 Å². The maximum atomic E-state index is 4.30. The predicted molar refractivity (Wildman–Crippen MR) is 55.1 cm³/mol. The topological polar surface area (TPSA) is 41.9 Å². The van der Waals surface area contributed by atoms with Crippen LogP contribution in [0.25, 0.3) is 0 Å². The minimum Gasteiger partial charge on any atom is -0.368 e. The van der Waals surface area contributed by atoms with Crippen LogP contribution in [-0.4, -0.2) is 28.9 Å². The standard InChI is InChI=1S/C10H16N4/c1-14-3-2-10(13-14)12-6-8-7-4-9(8)11-5-7/h2-3,7-9,11H,4-6H2,1H3,(H,12,13). The molecule has 76 valence electrons. The van der Waals surface area contributed by atoms with Gasteiger partial charge in [0.25, 0.3) is 0 Å². The Morgan fingerprint density at radius 2 is 2.64 bits per heavy atom. The number of hydrogen-bond acceptors (Lipinski definition) is 3. The van der Waals surface area contributed by atoms with Crippen LogP contribution in [0.2, 0.25) is 0 Å². The van der Waals surface area contributed by atoms with Crippen LogP contribution in [0.15, 0.2) is 12.3 Å². The molecule has 1 aliphatic carbocycles. The van der Waals surface area contributed by atoms with Crippen LogP contribution in [0.5, 0.6) is 0 Å². The molecule has 2 saturated heterocycles. The third-order valence-electron chi connectivity index (χ3n) is 3.55. The molecule has 2 aliphatic heterocycles. The maximum absolute atomic E-state index is 4.30. The first-order valence-electron chi connectivity index (χ1n) is 5.30. The van der Waals surface area contributed by atoms with Crippen molar-refractivity contribution in [3.05, 3.63) is 12.3 Å². The van der Waals surface area contributed by atoms with Gasteiger partial charge in [-0.1, -0.05) is 0 Å². The fourth-order valence-corrected chi connectivity index (χ4v) is 2.62. The van der Waals surface area contributed by atoms with E-state index in [0.29, 0.717) is 0 Å². The molecule has 3 aliphatic rings. The van der Waals surface area contributed by atoms with Gasteiger partial charge in [-0.3, -0.25) is 4.68 Å². The van der Waals surface area contributed by atoms with Crippen LogP contribution in [0.4, 0.5) is 5.82 Å². The molecule has 4 nitrogen and oxygen atoms in total. The van der Waals surface area contributed by atoms with Crippen molar-refractivity contribution in [1.82, 2.24) is 15.1 Å². The lowest BCUT2D eigenvalue weighted by atomic mass is 9.74. The van der Waals surface area contributed by atoms with E-state index in [1.807, 2.05) is 24.0 Å². The number of hydrogen-bond donors (Lipinski definition) is 2. The second-order valence-electron chi connectivity index (χ2n) is 4.43. The van der Waals surface area contributed by atoms with Crippen molar-refractivity contribution in [3.63, 3.8) is 0 Å². The molecule has 3 atom stereocenters. The number of fused-ring (bicyclic) bond motifs is 1. The number of aromatic nitrogens is 2. The van der Waals surface area contributed by atoms with Crippen LogP contribution in [0.1, 0.15) is 6.42 Å². The normalized spacial score (nSPS) is 34.2. The highest BCUT2D eigenvalue weighted by molar-refractivity contribution is 5.32. The van der Waals surface area contributed by atoms with Crippen molar-refractivity contribution in [2.24, 2.45) is 18.9 Å². The van der Waals surface area contributed by atoms with Gasteiger partial charge in [0, 0.05) is 31.9 Å². The molecule has 1 aromatic heterocycles. The Hall–Kier alpha value is -1.03.